The van der Waals surface area contributed by atoms with Gasteiger partial charge in [0.15, 0.2) is 0 Å². The van der Waals surface area contributed by atoms with Crippen LogP contribution < -0.4 is 9.64 Å². The predicted octanol–water partition coefficient (Wildman–Crippen LogP) is 9.27. The van der Waals surface area contributed by atoms with Gasteiger partial charge in [-0.25, -0.2) is 0 Å². The number of unbranched alkanes of at least 4 members (excludes halogenated alkanes) is 9. The number of hydrogen-bond donors (Lipinski definition) is 0. The van der Waals surface area contributed by atoms with E-state index in [0.29, 0.717) is 0 Å². The summed E-state index contributed by atoms with van der Waals surface area (Å²) in [5.41, 5.74) is 2.74. The van der Waals surface area contributed by atoms with Gasteiger partial charge < -0.3 is 9.64 Å². The topological polar surface area (TPSA) is 12.5 Å². The molecule has 0 saturated heterocycles. The first-order valence-corrected chi connectivity index (χ1v) is 13.5. The number of hydrogen-bond acceptors (Lipinski definition) is 3. The molecule has 0 saturated carbocycles. The third kappa shape index (κ3) is 7.30. The van der Waals surface area contributed by atoms with Crippen LogP contribution in [0.3, 0.4) is 0 Å². The Morgan fingerprint density at radius 1 is 0.515 bits per heavy atom. The molecule has 0 aromatic heterocycles. The van der Waals surface area contributed by atoms with E-state index in [2.05, 4.69) is 53.4 Å². The molecule has 0 fully saturated rings. The molecule has 0 spiro atoms. The molecule has 0 radical (unpaired) electrons. The van der Waals surface area contributed by atoms with Gasteiger partial charge in [0.1, 0.15) is 5.75 Å². The van der Waals surface area contributed by atoms with E-state index in [0.717, 1.165) is 25.3 Å². The molecular weight excluding hydrogens is 422 g/mol. The molecule has 3 aromatic rings. The summed E-state index contributed by atoms with van der Waals surface area (Å²) in [4.78, 5) is 5.29. The number of benzene rings is 3. The van der Waals surface area contributed by atoms with Crippen molar-refractivity contribution in [2.45, 2.75) is 74.0 Å². The number of nitrogens with zero attached hydrogens (tertiary/aromatic N) is 1. The second kappa shape index (κ2) is 13.3. The Kier molecular flexibility index (Phi) is 9.61. The fourth-order valence-electron chi connectivity index (χ4n) is 4.51. The first-order chi connectivity index (χ1) is 16.4. The average Bonchev–Trinajstić information content (AvgIpc) is 2.87. The minimum absolute atomic E-state index is 0.842. The van der Waals surface area contributed by atoms with E-state index in [9.17, 15) is 0 Å². The van der Waals surface area contributed by atoms with Crippen molar-refractivity contribution in [2.24, 2.45) is 0 Å². The van der Waals surface area contributed by atoms with E-state index >= 15 is 0 Å². The Bertz CT molecular complexity index is 913. The first-order valence-electron chi connectivity index (χ1n) is 12.7. The van der Waals surface area contributed by atoms with Gasteiger partial charge in [-0.05, 0) is 49.2 Å². The fourth-order valence-corrected chi connectivity index (χ4v) is 5.61. The van der Waals surface area contributed by atoms with Gasteiger partial charge in [0.2, 0.25) is 0 Å². The molecule has 1 heterocycles. The molecule has 174 valence electrons. The maximum Gasteiger partial charge on any atom is 0.119 e. The molecular formula is C30H37NOS. The third-order valence-corrected chi connectivity index (χ3v) is 7.45. The van der Waals surface area contributed by atoms with E-state index in [1.165, 1.54) is 79.0 Å². The Balaban J connectivity index is 1.04. The number of rotatable bonds is 14. The molecule has 1 aliphatic heterocycles. The van der Waals surface area contributed by atoms with Crippen LogP contribution in [0.2, 0.25) is 0 Å². The smallest absolute Gasteiger partial charge is 0.119 e. The summed E-state index contributed by atoms with van der Waals surface area (Å²) < 4.78 is 5.77. The van der Waals surface area contributed by atoms with Crippen LogP contribution in [0.4, 0.5) is 11.4 Å². The Hall–Kier alpha value is -2.39. The molecule has 4 rings (SSSR count). The zero-order valence-electron chi connectivity index (χ0n) is 19.8. The average molecular weight is 460 g/mol. The molecule has 0 N–H and O–H groups in total. The largest absolute Gasteiger partial charge is 0.494 e. The van der Waals surface area contributed by atoms with Crippen LogP contribution >= 0.6 is 11.8 Å². The van der Waals surface area contributed by atoms with Crippen LogP contribution in [0.15, 0.2) is 88.7 Å². The number of anilines is 2. The third-order valence-electron chi connectivity index (χ3n) is 6.32. The van der Waals surface area contributed by atoms with E-state index < -0.39 is 0 Å². The molecule has 1 aliphatic rings. The lowest BCUT2D eigenvalue weighted by Crippen LogP contribution is -2.21. The summed E-state index contributed by atoms with van der Waals surface area (Å²) >= 11 is 1.90. The highest BCUT2D eigenvalue weighted by Crippen LogP contribution is 2.47. The minimum atomic E-state index is 0.842. The van der Waals surface area contributed by atoms with Crippen LogP contribution in [-0.4, -0.2) is 13.2 Å². The van der Waals surface area contributed by atoms with Gasteiger partial charge in [-0.15, -0.1) is 0 Å². The van der Waals surface area contributed by atoms with Crippen LogP contribution in [0, 0.1) is 0 Å². The van der Waals surface area contributed by atoms with Gasteiger partial charge in [-0.3, -0.25) is 0 Å². The number of fused-ring (bicyclic) bond motifs is 2. The van der Waals surface area contributed by atoms with Gasteiger partial charge in [-0.2, -0.15) is 0 Å². The lowest BCUT2D eigenvalue weighted by Gasteiger charge is -2.32. The predicted molar refractivity (Wildman–Crippen MR) is 142 cm³/mol. The van der Waals surface area contributed by atoms with Crippen molar-refractivity contribution in [3.8, 4) is 5.75 Å². The molecule has 0 aliphatic carbocycles. The lowest BCUT2D eigenvalue weighted by atomic mass is 10.1. The number of para-hydroxylation sites is 3. The summed E-state index contributed by atoms with van der Waals surface area (Å²) in [6.07, 6.45) is 13.2. The molecule has 3 heteroatoms. The normalized spacial score (nSPS) is 12.3. The van der Waals surface area contributed by atoms with Gasteiger partial charge in [0.05, 0.1) is 18.0 Å². The fraction of sp³-hybridized carbons (Fsp3) is 0.400. The number of ether oxygens (including phenoxy) is 1. The van der Waals surface area contributed by atoms with Crippen LogP contribution in [-0.2, 0) is 0 Å². The zero-order chi connectivity index (χ0) is 22.6. The Morgan fingerprint density at radius 2 is 1.00 bits per heavy atom. The quantitative estimate of drug-likeness (QED) is 0.223. The summed E-state index contributed by atoms with van der Waals surface area (Å²) in [5.74, 6) is 0.991. The first kappa shape index (κ1) is 23.8. The molecule has 0 unspecified atom stereocenters. The molecule has 0 bridgehead atoms. The zero-order valence-corrected chi connectivity index (χ0v) is 20.6. The van der Waals surface area contributed by atoms with Crippen molar-refractivity contribution >= 4 is 23.1 Å². The van der Waals surface area contributed by atoms with Crippen LogP contribution in [0.25, 0.3) is 0 Å². The molecule has 33 heavy (non-hydrogen) atoms. The molecule has 0 amide bonds. The van der Waals surface area contributed by atoms with Crippen molar-refractivity contribution in [1.29, 1.82) is 0 Å². The van der Waals surface area contributed by atoms with Gasteiger partial charge in [-0.1, -0.05) is 106 Å². The molecule has 2 nitrogen and oxygen atoms in total. The van der Waals surface area contributed by atoms with Crippen molar-refractivity contribution in [3.63, 3.8) is 0 Å². The Morgan fingerprint density at radius 3 is 1.61 bits per heavy atom. The van der Waals surface area contributed by atoms with Crippen LogP contribution in [0.5, 0.6) is 5.75 Å². The maximum absolute atomic E-state index is 5.77. The van der Waals surface area contributed by atoms with E-state index in [1.54, 1.807) is 0 Å². The molecule has 0 atom stereocenters. The van der Waals surface area contributed by atoms with Crippen molar-refractivity contribution in [2.75, 3.05) is 18.1 Å². The standard InChI is InChI=1S/C30H37NOS/c1(2-4-6-8-17-25-32-26-18-10-9-11-19-26)3-5-7-16-24-31-27-20-12-14-22-29(27)33-30-23-15-13-21-28(30)31/h9-15,18-23H,1-8,16-17,24-25H2. The SMILES string of the molecule is c1ccc(OCCCCCCCCCCCCN2c3ccccc3Sc3ccccc32)cc1. The van der Waals surface area contributed by atoms with Crippen molar-refractivity contribution in [1.82, 2.24) is 0 Å². The minimum Gasteiger partial charge on any atom is -0.494 e. The second-order valence-corrected chi connectivity index (χ2v) is 9.97. The highest BCUT2D eigenvalue weighted by atomic mass is 32.2. The second-order valence-electron chi connectivity index (χ2n) is 8.89. The highest BCUT2D eigenvalue weighted by molar-refractivity contribution is 7.99. The van der Waals surface area contributed by atoms with E-state index in [1.807, 2.05) is 42.1 Å². The van der Waals surface area contributed by atoms with Crippen molar-refractivity contribution < 1.29 is 4.74 Å². The summed E-state index contributed by atoms with van der Waals surface area (Å²) in [7, 11) is 0. The monoisotopic (exact) mass is 459 g/mol. The summed E-state index contributed by atoms with van der Waals surface area (Å²) in [6.45, 7) is 1.95. The van der Waals surface area contributed by atoms with E-state index in [4.69, 9.17) is 4.74 Å². The van der Waals surface area contributed by atoms with E-state index in [-0.39, 0.29) is 0 Å². The molecule has 3 aromatic carbocycles. The van der Waals surface area contributed by atoms with Gasteiger partial charge in [0, 0.05) is 16.3 Å². The summed E-state index contributed by atoms with van der Waals surface area (Å²) in [5, 5.41) is 0. The van der Waals surface area contributed by atoms with Crippen molar-refractivity contribution in [3.05, 3.63) is 78.9 Å². The lowest BCUT2D eigenvalue weighted by molar-refractivity contribution is 0.304. The maximum atomic E-state index is 5.77. The van der Waals surface area contributed by atoms with Gasteiger partial charge in [0.25, 0.3) is 0 Å². The summed E-state index contributed by atoms with van der Waals surface area (Å²) in [6, 6.07) is 27.8. The Labute approximate surface area is 204 Å². The highest BCUT2D eigenvalue weighted by Gasteiger charge is 2.22. The van der Waals surface area contributed by atoms with Gasteiger partial charge >= 0.3 is 0 Å². The van der Waals surface area contributed by atoms with Crippen LogP contribution in [0.1, 0.15) is 64.2 Å².